The lowest BCUT2D eigenvalue weighted by Crippen LogP contribution is -1.89. The average molecular weight is 335 g/mol. The van der Waals surface area contributed by atoms with Crippen LogP contribution in [-0.4, -0.2) is 0 Å². The van der Waals surface area contributed by atoms with Gasteiger partial charge in [-0.2, -0.15) is 10.5 Å². The molecule has 0 aliphatic rings. The first-order valence-electron chi connectivity index (χ1n) is 5.62. The number of thiol groups is 2. The number of thiophene rings is 2. The van der Waals surface area contributed by atoms with E-state index in [0.717, 1.165) is 29.3 Å². The Labute approximate surface area is 136 Å². The van der Waals surface area contributed by atoms with Crippen LogP contribution in [0.1, 0.15) is 20.9 Å². The van der Waals surface area contributed by atoms with E-state index in [1.54, 1.807) is 0 Å². The van der Waals surface area contributed by atoms with Crippen molar-refractivity contribution >= 4 is 59.1 Å². The molecule has 0 N–H and O–H groups in total. The second-order valence-electron chi connectivity index (χ2n) is 4.08. The molecule has 0 atom stereocenters. The molecule has 20 heavy (non-hydrogen) atoms. The zero-order chi connectivity index (χ0) is 14.9. The molecule has 2 aromatic rings. The molecule has 2 rings (SSSR count). The molecule has 100 valence electrons. The van der Waals surface area contributed by atoms with Gasteiger partial charge in [-0.1, -0.05) is 0 Å². The van der Waals surface area contributed by atoms with E-state index in [9.17, 15) is 10.5 Å². The number of allylic oxidation sites excluding steroid dienone is 2. The van der Waals surface area contributed by atoms with Gasteiger partial charge in [0.05, 0.1) is 19.6 Å². The second-order valence-corrected chi connectivity index (χ2v) is 8.16. The van der Waals surface area contributed by atoms with Gasteiger partial charge in [-0.05, 0) is 26.0 Å². The van der Waals surface area contributed by atoms with Crippen LogP contribution in [0.25, 0.3) is 11.1 Å². The Balaban J connectivity index is 2.74. The number of nitriles is 2. The topological polar surface area (TPSA) is 47.6 Å². The highest BCUT2D eigenvalue weighted by atomic mass is 32.2. The highest BCUT2D eigenvalue weighted by Gasteiger charge is 2.18. The summed E-state index contributed by atoms with van der Waals surface area (Å²) in [5.74, 6) is 0. The van der Waals surface area contributed by atoms with E-state index >= 15 is 0 Å². The van der Waals surface area contributed by atoms with E-state index < -0.39 is 0 Å². The van der Waals surface area contributed by atoms with Crippen molar-refractivity contribution in [2.45, 2.75) is 22.3 Å². The van der Waals surface area contributed by atoms with E-state index in [-0.39, 0.29) is 0 Å². The summed E-state index contributed by atoms with van der Waals surface area (Å²) >= 11 is 11.6. The predicted octanol–water partition coefficient (Wildman–Crippen LogP) is 4.96. The molecule has 0 saturated carbocycles. The fraction of sp³-hybridized carbons (Fsp3) is 0.143. The largest absolute Gasteiger partial charge is 0.192 e. The minimum absolute atomic E-state index is 0.399. The van der Waals surface area contributed by atoms with Crippen molar-refractivity contribution < 1.29 is 0 Å². The second kappa shape index (κ2) is 6.07. The number of nitrogens with zero attached hydrogens (tertiary/aromatic N) is 2. The van der Waals surface area contributed by atoms with Gasteiger partial charge >= 0.3 is 0 Å². The van der Waals surface area contributed by atoms with Crippen LogP contribution in [0.3, 0.4) is 0 Å². The van der Waals surface area contributed by atoms with Gasteiger partial charge in [-0.15, -0.1) is 47.9 Å². The van der Waals surface area contributed by atoms with Crippen LogP contribution in [0.5, 0.6) is 0 Å². The summed E-state index contributed by atoms with van der Waals surface area (Å²) < 4.78 is 1.67. The quantitative estimate of drug-likeness (QED) is 0.602. The van der Waals surface area contributed by atoms with Gasteiger partial charge in [0.25, 0.3) is 0 Å². The summed E-state index contributed by atoms with van der Waals surface area (Å²) in [5.41, 5.74) is 2.36. The zero-order valence-electron chi connectivity index (χ0n) is 10.8. The molecule has 0 radical (unpaired) electrons. The lowest BCUT2D eigenvalue weighted by atomic mass is 9.97. The van der Waals surface area contributed by atoms with E-state index in [1.165, 1.54) is 22.7 Å². The van der Waals surface area contributed by atoms with Gasteiger partial charge in [0.15, 0.2) is 0 Å². The molecule has 6 heteroatoms. The Morgan fingerprint density at radius 3 is 1.45 bits per heavy atom. The maximum atomic E-state index is 9.48. The maximum absolute atomic E-state index is 9.48. The Kier molecular flexibility index (Phi) is 4.62. The normalized spacial score (nSPS) is 11.7. The minimum atomic E-state index is 0.399. The van der Waals surface area contributed by atoms with Gasteiger partial charge < -0.3 is 0 Å². The summed E-state index contributed by atoms with van der Waals surface area (Å²) in [6, 6.07) is 8.01. The van der Waals surface area contributed by atoms with Crippen molar-refractivity contribution in [3.05, 3.63) is 33.0 Å². The maximum Gasteiger partial charge on any atom is 0.101 e. The number of aryl methyl sites for hydroxylation is 2. The fourth-order valence-electron chi connectivity index (χ4n) is 1.93. The van der Waals surface area contributed by atoms with Crippen molar-refractivity contribution in [1.82, 2.24) is 0 Å². The lowest BCUT2D eigenvalue weighted by Gasteiger charge is -2.03. The smallest absolute Gasteiger partial charge is 0.101 e. The summed E-state index contributed by atoms with van der Waals surface area (Å²) in [7, 11) is 0. The molecule has 0 amide bonds. The third kappa shape index (κ3) is 2.79. The molecule has 2 aromatic heterocycles. The Morgan fingerprint density at radius 1 is 0.900 bits per heavy atom. The average Bonchev–Trinajstić information content (AvgIpc) is 2.88. The van der Waals surface area contributed by atoms with Crippen LogP contribution in [-0.2, 0) is 0 Å². The summed E-state index contributed by atoms with van der Waals surface area (Å²) in [5, 5.41) is 19.0. The first-order chi connectivity index (χ1) is 9.47. The Bertz CT molecular complexity index is 715. The molecule has 2 nitrogen and oxygen atoms in total. The van der Waals surface area contributed by atoms with E-state index in [4.69, 9.17) is 0 Å². The molecular weight excluding hydrogens is 324 g/mol. The molecule has 0 bridgehead atoms. The Hall–Kier alpha value is -1.18. The van der Waals surface area contributed by atoms with Crippen molar-refractivity contribution in [2.24, 2.45) is 0 Å². The van der Waals surface area contributed by atoms with E-state index in [0.29, 0.717) is 11.1 Å². The SMILES string of the molecule is Cc1sc(S)cc1/C(C#N)=C(\C#N)c1cc(S)sc1C. The van der Waals surface area contributed by atoms with Gasteiger partial charge in [-0.25, -0.2) is 0 Å². The van der Waals surface area contributed by atoms with Crippen molar-refractivity contribution in [3.63, 3.8) is 0 Å². The molecule has 0 unspecified atom stereocenters. The standard InChI is InChI=1S/C14H10N2S4/c1-7-9(3-13(17)19-7)11(5-15)12(6-16)10-4-14(18)20-8(10)2/h3-4,17-18H,1-2H3/b12-11+. The first-order valence-corrected chi connectivity index (χ1v) is 8.14. The van der Waals surface area contributed by atoms with E-state index in [2.05, 4.69) is 37.4 Å². The van der Waals surface area contributed by atoms with Gasteiger partial charge in [-0.3, -0.25) is 0 Å². The van der Waals surface area contributed by atoms with Crippen LogP contribution >= 0.6 is 47.9 Å². The van der Waals surface area contributed by atoms with Crippen molar-refractivity contribution in [3.8, 4) is 12.1 Å². The molecule has 0 spiro atoms. The summed E-state index contributed by atoms with van der Waals surface area (Å²) in [6.45, 7) is 3.85. The highest BCUT2D eigenvalue weighted by Crippen LogP contribution is 2.37. The first kappa shape index (κ1) is 15.2. The molecular formula is C14H10N2S4. The van der Waals surface area contributed by atoms with Crippen LogP contribution in [0.4, 0.5) is 0 Å². The number of rotatable bonds is 2. The fourth-order valence-corrected chi connectivity index (χ4v) is 4.53. The van der Waals surface area contributed by atoms with Gasteiger partial charge in [0.2, 0.25) is 0 Å². The molecule has 0 saturated heterocycles. The van der Waals surface area contributed by atoms with Gasteiger partial charge in [0.1, 0.15) is 12.1 Å². The van der Waals surface area contributed by atoms with Crippen LogP contribution < -0.4 is 0 Å². The summed E-state index contributed by atoms with van der Waals surface area (Å²) in [4.78, 5) is 1.97. The molecule has 2 heterocycles. The third-order valence-corrected chi connectivity index (χ3v) is 5.33. The third-order valence-electron chi connectivity index (χ3n) is 2.82. The minimum Gasteiger partial charge on any atom is -0.192 e. The predicted molar refractivity (Wildman–Crippen MR) is 90.7 cm³/mol. The number of hydrogen-bond donors (Lipinski definition) is 2. The lowest BCUT2D eigenvalue weighted by molar-refractivity contribution is 1.47. The molecule has 0 aliphatic carbocycles. The molecule has 0 fully saturated rings. The summed E-state index contributed by atoms with van der Waals surface area (Å²) in [6.07, 6.45) is 0. The molecule has 0 aromatic carbocycles. The van der Waals surface area contributed by atoms with E-state index in [1.807, 2.05) is 26.0 Å². The highest BCUT2D eigenvalue weighted by molar-refractivity contribution is 7.83. The zero-order valence-corrected chi connectivity index (χ0v) is 14.2. The van der Waals surface area contributed by atoms with Gasteiger partial charge in [0, 0.05) is 20.9 Å². The van der Waals surface area contributed by atoms with Crippen LogP contribution in [0.2, 0.25) is 0 Å². The van der Waals surface area contributed by atoms with Crippen LogP contribution in [0.15, 0.2) is 20.6 Å². The number of hydrogen-bond acceptors (Lipinski definition) is 6. The molecule has 0 aliphatic heterocycles. The van der Waals surface area contributed by atoms with Crippen molar-refractivity contribution in [2.75, 3.05) is 0 Å². The Morgan fingerprint density at radius 2 is 1.25 bits per heavy atom. The van der Waals surface area contributed by atoms with Crippen molar-refractivity contribution in [1.29, 1.82) is 10.5 Å². The monoisotopic (exact) mass is 334 g/mol. The van der Waals surface area contributed by atoms with Crippen LogP contribution in [0, 0.1) is 36.5 Å².